The summed E-state index contributed by atoms with van der Waals surface area (Å²) in [5.74, 6) is 0.561. The zero-order valence-electron chi connectivity index (χ0n) is 24.6. The van der Waals surface area contributed by atoms with Gasteiger partial charge in [-0.25, -0.2) is 18.4 Å². The van der Waals surface area contributed by atoms with Gasteiger partial charge in [0.25, 0.3) is 0 Å². The van der Waals surface area contributed by atoms with Gasteiger partial charge in [0, 0.05) is 56.1 Å². The fourth-order valence-electron chi connectivity index (χ4n) is 5.94. The summed E-state index contributed by atoms with van der Waals surface area (Å²) in [6, 6.07) is 20.8. The molecule has 0 saturated carbocycles. The third-order valence-electron chi connectivity index (χ3n) is 8.34. The fourth-order valence-corrected chi connectivity index (χ4v) is 7.45. The molecule has 0 spiro atoms. The van der Waals surface area contributed by atoms with Gasteiger partial charge in [0.2, 0.25) is 16.0 Å². The summed E-state index contributed by atoms with van der Waals surface area (Å²) in [6.45, 7) is 6.43. The number of hydrogen-bond acceptors (Lipinski definition) is 7. The summed E-state index contributed by atoms with van der Waals surface area (Å²) in [5.41, 5.74) is 6.54. The summed E-state index contributed by atoms with van der Waals surface area (Å²) in [4.78, 5) is 14.5. The Bertz CT molecular complexity index is 1730. The van der Waals surface area contributed by atoms with Crippen molar-refractivity contribution in [2.75, 3.05) is 56.4 Å². The standard InChI is InChI=1S/C33H36Cl2N6O2S/c1-40-15-17-41(18-16-40)14-4-13-36-33-37-21-25-20-29(27-5-2-3-6-28(27)32(25)38-33)24-8-10-26(11-9-24)39-44(42,43)22-23-7-12-30(34)31(35)19-23/h2-3,5-12,19,21,29,39H,4,13-18,20,22H2,1H3,(H,36,37,38). The Hall–Kier alpha value is -3.21. The SMILES string of the molecule is CN1CCN(CCCNc2ncc3c(n2)-c2ccccc2C(c2ccc(NS(=O)(=O)Cc4ccc(Cl)c(Cl)c4)cc2)C3)CC1. The number of benzene rings is 3. The number of nitrogens with one attached hydrogen (secondary N) is 2. The van der Waals surface area contributed by atoms with Crippen molar-refractivity contribution in [1.29, 1.82) is 0 Å². The zero-order valence-corrected chi connectivity index (χ0v) is 27.0. The first-order valence-corrected chi connectivity index (χ1v) is 17.3. The molecule has 11 heteroatoms. The van der Waals surface area contributed by atoms with Crippen LogP contribution in [0.3, 0.4) is 0 Å². The van der Waals surface area contributed by atoms with E-state index in [1.165, 1.54) is 5.56 Å². The van der Waals surface area contributed by atoms with Gasteiger partial charge in [-0.3, -0.25) is 4.72 Å². The van der Waals surface area contributed by atoms with Crippen LogP contribution in [-0.4, -0.2) is 74.5 Å². The van der Waals surface area contributed by atoms with Crippen LogP contribution in [0, 0.1) is 0 Å². The highest BCUT2D eigenvalue weighted by atomic mass is 35.5. The van der Waals surface area contributed by atoms with Gasteiger partial charge >= 0.3 is 0 Å². The Kier molecular flexibility index (Phi) is 9.40. The number of fused-ring (bicyclic) bond motifs is 3. The maximum Gasteiger partial charge on any atom is 0.236 e. The predicted octanol–water partition coefficient (Wildman–Crippen LogP) is 6.13. The Labute approximate surface area is 269 Å². The number of likely N-dealkylation sites (N-methyl/N-ethyl adjacent to an activating group) is 1. The number of anilines is 2. The van der Waals surface area contributed by atoms with E-state index in [4.69, 9.17) is 28.2 Å². The Morgan fingerprint density at radius 2 is 1.73 bits per heavy atom. The molecule has 4 aromatic rings. The minimum atomic E-state index is -3.64. The molecule has 0 amide bonds. The average Bonchev–Trinajstić information content (AvgIpc) is 3.02. The van der Waals surface area contributed by atoms with Crippen LogP contribution in [0.4, 0.5) is 11.6 Å². The van der Waals surface area contributed by atoms with Crippen molar-refractivity contribution in [3.8, 4) is 11.3 Å². The molecule has 0 radical (unpaired) electrons. The van der Waals surface area contributed by atoms with Crippen molar-refractivity contribution < 1.29 is 8.42 Å². The number of aromatic nitrogens is 2. The molecule has 1 atom stereocenters. The molecule has 2 N–H and O–H groups in total. The van der Waals surface area contributed by atoms with Gasteiger partial charge in [-0.1, -0.05) is 65.7 Å². The van der Waals surface area contributed by atoms with E-state index in [-0.39, 0.29) is 11.7 Å². The van der Waals surface area contributed by atoms with E-state index in [0.29, 0.717) is 27.2 Å². The molecule has 2 aliphatic rings. The second-order valence-electron chi connectivity index (χ2n) is 11.6. The number of halogens is 2. The maximum atomic E-state index is 12.8. The third kappa shape index (κ3) is 7.35. The summed E-state index contributed by atoms with van der Waals surface area (Å²) in [5, 5.41) is 4.15. The predicted molar refractivity (Wildman–Crippen MR) is 179 cm³/mol. The lowest BCUT2D eigenvalue weighted by atomic mass is 9.78. The van der Waals surface area contributed by atoms with E-state index >= 15 is 0 Å². The topological polar surface area (TPSA) is 90.5 Å². The number of sulfonamides is 1. The molecule has 0 bridgehead atoms. The molecule has 44 heavy (non-hydrogen) atoms. The van der Waals surface area contributed by atoms with E-state index in [9.17, 15) is 8.42 Å². The number of hydrogen-bond donors (Lipinski definition) is 2. The molecular weight excluding hydrogens is 615 g/mol. The smallest absolute Gasteiger partial charge is 0.236 e. The van der Waals surface area contributed by atoms with Crippen molar-refractivity contribution in [1.82, 2.24) is 19.8 Å². The molecule has 6 rings (SSSR count). The molecule has 1 fully saturated rings. The normalized spacial score (nSPS) is 17.1. The number of rotatable bonds is 10. The average molecular weight is 652 g/mol. The summed E-state index contributed by atoms with van der Waals surface area (Å²) in [6.07, 6.45) is 3.75. The van der Waals surface area contributed by atoms with Gasteiger partial charge in [-0.2, -0.15) is 0 Å². The first-order chi connectivity index (χ1) is 21.2. The van der Waals surface area contributed by atoms with Crippen molar-refractivity contribution >= 4 is 44.9 Å². The van der Waals surface area contributed by atoms with Crippen LogP contribution < -0.4 is 10.0 Å². The third-order valence-corrected chi connectivity index (χ3v) is 10.3. The lowest BCUT2D eigenvalue weighted by molar-refractivity contribution is 0.154. The summed E-state index contributed by atoms with van der Waals surface area (Å²) < 4.78 is 28.4. The van der Waals surface area contributed by atoms with Crippen LogP contribution in [0.25, 0.3) is 11.3 Å². The lowest BCUT2D eigenvalue weighted by Gasteiger charge is -2.32. The molecule has 1 aliphatic carbocycles. The van der Waals surface area contributed by atoms with Crippen LogP contribution >= 0.6 is 23.2 Å². The summed E-state index contributed by atoms with van der Waals surface area (Å²) >= 11 is 12.0. The van der Waals surface area contributed by atoms with Crippen LogP contribution in [0.5, 0.6) is 0 Å². The maximum absolute atomic E-state index is 12.8. The quantitative estimate of drug-likeness (QED) is 0.200. The van der Waals surface area contributed by atoms with Crippen molar-refractivity contribution in [3.63, 3.8) is 0 Å². The van der Waals surface area contributed by atoms with Gasteiger partial charge < -0.3 is 15.1 Å². The van der Waals surface area contributed by atoms with E-state index < -0.39 is 10.0 Å². The molecule has 2 heterocycles. The van der Waals surface area contributed by atoms with Gasteiger partial charge in [0.05, 0.1) is 21.5 Å². The zero-order chi connectivity index (χ0) is 30.7. The molecule has 1 unspecified atom stereocenters. The number of piperazine rings is 1. The van der Waals surface area contributed by atoms with Gasteiger partial charge in [0.15, 0.2) is 0 Å². The van der Waals surface area contributed by atoms with Crippen molar-refractivity contribution in [2.45, 2.75) is 24.5 Å². The Morgan fingerprint density at radius 1 is 0.955 bits per heavy atom. The molecular formula is C33H36Cl2N6O2S. The highest BCUT2D eigenvalue weighted by molar-refractivity contribution is 7.91. The van der Waals surface area contributed by atoms with Gasteiger partial charge in [0.1, 0.15) is 0 Å². The molecule has 1 aliphatic heterocycles. The highest BCUT2D eigenvalue weighted by Gasteiger charge is 2.27. The van der Waals surface area contributed by atoms with E-state index in [0.717, 1.165) is 74.5 Å². The second kappa shape index (κ2) is 13.4. The van der Waals surface area contributed by atoms with E-state index in [2.05, 4.69) is 50.1 Å². The number of nitrogens with zero attached hydrogens (tertiary/aromatic N) is 4. The van der Waals surface area contributed by atoms with Crippen LogP contribution in [0.2, 0.25) is 10.0 Å². The lowest BCUT2D eigenvalue weighted by Crippen LogP contribution is -2.44. The van der Waals surface area contributed by atoms with E-state index in [1.807, 2.05) is 36.5 Å². The van der Waals surface area contributed by atoms with Crippen LogP contribution in [0.15, 0.2) is 72.9 Å². The Morgan fingerprint density at radius 3 is 2.50 bits per heavy atom. The largest absolute Gasteiger partial charge is 0.354 e. The van der Waals surface area contributed by atoms with Gasteiger partial charge in [-0.05, 0) is 73.0 Å². The minimum Gasteiger partial charge on any atom is -0.354 e. The Balaban J connectivity index is 1.11. The van der Waals surface area contributed by atoms with Crippen molar-refractivity contribution in [3.05, 3.63) is 105 Å². The van der Waals surface area contributed by atoms with Crippen LogP contribution in [0.1, 0.15) is 34.6 Å². The molecule has 1 aromatic heterocycles. The summed E-state index contributed by atoms with van der Waals surface area (Å²) in [7, 11) is -1.46. The first kappa shape index (κ1) is 30.8. The van der Waals surface area contributed by atoms with Crippen LogP contribution in [-0.2, 0) is 22.2 Å². The van der Waals surface area contributed by atoms with Gasteiger partial charge in [-0.15, -0.1) is 0 Å². The first-order valence-electron chi connectivity index (χ1n) is 14.9. The van der Waals surface area contributed by atoms with Crippen molar-refractivity contribution in [2.24, 2.45) is 0 Å². The fraction of sp³-hybridized carbons (Fsp3) is 0.333. The molecule has 8 nitrogen and oxygen atoms in total. The molecule has 3 aromatic carbocycles. The molecule has 1 saturated heterocycles. The minimum absolute atomic E-state index is 0.103. The molecule has 230 valence electrons. The van der Waals surface area contributed by atoms with E-state index in [1.54, 1.807) is 18.2 Å². The highest BCUT2D eigenvalue weighted by Crippen LogP contribution is 2.42. The second-order valence-corrected chi connectivity index (χ2v) is 14.1. The monoisotopic (exact) mass is 650 g/mol.